The van der Waals surface area contributed by atoms with Crippen LogP contribution in [0.1, 0.15) is 55.2 Å². The molecule has 2 fully saturated rings. The highest BCUT2D eigenvalue weighted by Gasteiger charge is 2.74. The fourth-order valence-corrected chi connectivity index (χ4v) is 5.88. The molecule has 38 heavy (non-hydrogen) atoms. The quantitative estimate of drug-likeness (QED) is 0.299. The third-order valence-corrected chi connectivity index (χ3v) is 7.53. The Labute approximate surface area is 218 Å². The van der Waals surface area contributed by atoms with Crippen molar-refractivity contribution in [3.63, 3.8) is 0 Å². The topological polar surface area (TPSA) is 107 Å². The van der Waals surface area contributed by atoms with Crippen LogP contribution in [0.4, 0.5) is 5.69 Å². The number of aryl methyl sites for hydroxylation is 1. The number of carbonyl (C=O) groups is 5. The summed E-state index contributed by atoms with van der Waals surface area (Å²) < 4.78 is 11.3. The monoisotopic (exact) mass is 509 g/mol. The van der Waals surface area contributed by atoms with E-state index < -0.39 is 52.9 Å². The minimum absolute atomic E-state index is 0.179. The van der Waals surface area contributed by atoms with Crippen LogP contribution in [0.25, 0.3) is 0 Å². The van der Waals surface area contributed by atoms with Gasteiger partial charge in [0.1, 0.15) is 0 Å². The van der Waals surface area contributed by atoms with Gasteiger partial charge in [-0.25, -0.2) is 9.69 Å². The number of Topliss-reactive ketones (excluding diaryl/α,β-unsaturated/α-hetero) is 2. The Hall–Kier alpha value is -4.43. The van der Waals surface area contributed by atoms with E-state index in [1.165, 1.54) is 36.4 Å². The molecule has 8 heteroatoms. The molecule has 2 saturated heterocycles. The molecule has 2 amide bonds. The molecular weight excluding hydrogens is 486 g/mol. The summed E-state index contributed by atoms with van der Waals surface area (Å²) in [5.41, 5.74) is 0.236. The fraction of sp³-hybridized carbons (Fsp3) is 0.233. The number of hydrogen-bond acceptors (Lipinski definition) is 7. The van der Waals surface area contributed by atoms with Gasteiger partial charge in [0.25, 0.3) is 0 Å². The van der Waals surface area contributed by atoms with E-state index in [1.807, 2.05) is 19.1 Å². The SMILES string of the molecule is CCOC(=O)c1ccc(N2C(=O)[C@@H]3[C@@H](C2=O)C2(O[C@H]3c3cccc(C)c3)C(=O)c3ccccc3C2=O)cc1. The molecule has 3 aromatic rings. The Bertz CT molecular complexity index is 1510. The molecule has 0 radical (unpaired) electrons. The van der Waals surface area contributed by atoms with Crippen LogP contribution in [0.2, 0.25) is 0 Å². The average Bonchev–Trinajstić information content (AvgIpc) is 3.49. The summed E-state index contributed by atoms with van der Waals surface area (Å²) in [6.45, 7) is 3.78. The summed E-state index contributed by atoms with van der Waals surface area (Å²) in [4.78, 5) is 68.6. The Morgan fingerprint density at radius 1 is 0.895 bits per heavy atom. The Morgan fingerprint density at radius 3 is 2.16 bits per heavy atom. The minimum Gasteiger partial charge on any atom is -0.462 e. The van der Waals surface area contributed by atoms with Crippen LogP contribution in [0.3, 0.4) is 0 Å². The van der Waals surface area contributed by atoms with Gasteiger partial charge in [0.15, 0.2) is 0 Å². The number of rotatable bonds is 4. The van der Waals surface area contributed by atoms with Crippen molar-refractivity contribution in [2.75, 3.05) is 11.5 Å². The molecule has 3 aromatic carbocycles. The lowest BCUT2D eigenvalue weighted by molar-refractivity contribution is -0.127. The number of hydrogen-bond donors (Lipinski definition) is 0. The molecule has 2 aliphatic heterocycles. The molecule has 1 spiro atoms. The van der Waals surface area contributed by atoms with Crippen molar-refractivity contribution in [2.45, 2.75) is 25.6 Å². The van der Waals surface area contributed by atoms with E-state index in [0.717, 1.165) is 10.5 Å². The summed E-state index contributed by atoms with van der Waals surface area (Å²) in [5.74, 6) is -5.42. The first kappa shape index (κ1) is 23.9. The number of nitrogens with zero attached hydrogens (tertiary/aromatic N) is 1. The van der Waals surface area contributed by atoms with E-state index in [1.54, 1.807) is 31.2 Å². The van der Waals surface area contributed by atoms with Crippen molar-refractivity contribution in [3.05, 3.63) is 101 Å². The summed E-state index contributed by atoms with van der Waals surface area (Å²) in [7, 11) is 0. The first-order valence-corrected chi connectivity index (χ1v) is 12.4. The number of benzene rings is 3. The largest absolute Gasteiger partial charge is 0.462 e. The van der Waals surface area contributed by atoms with Gasteiger partial charge in [-0.05, 0) is 43.7 Å². The third kappa shape index (κ3) is 3.16. The smallest absolute Gasteiger partial charge is 0.338 e. The van der Waals surface area contributed by atoms with Crippen LogP contribution in [-0.2, 0) is 19.1 Å². The molecule has 8 nitrogen and oxygen atoms in total. The van der Waals surface area contributed by atoms with E-state index >= 15 is 0 Å². The molecule has 1 aliphatic carbocycles. The average molecular weight is 510 g/mol. The van der Waals surface area contributed by atoms with Crippen LogP contribution in [0, 0.1) is 18.8 Å². The third-order valence-electron chi connectivity index (χ3n) is 7.53. The number of esters is 1. The van der Waals surface area contributed by atoms with E-state index in [-0.39, 0.29) is 29.0 Å². The molecule has 190 valence electrons. The zero-order valence-corrected chi connectivity index (χ0v) is 20.7. The molecular formula is C30H23NO7. The second kappa shape index (κ2) is 8.56. The van der Waals surface area contributed by atoms with Crippen LogP contribution in [0.5, 0.6) is 0 Å². The van der Waals surface area contributed by atoms with Crippen LogP contribution in [0.15, 0.2) is 72.8 Å². The summed E-state index contributed by atoms with van der Waals surface area (Å²) >= 11 is 0. The van der Waals surface area contributed by atoms with Crippen molar-refractivity contribution < 1.29 is 33.4 Å². The van der Waals surface area contributed by atoms with Gasteiger partial charge in [-0.2, -0.15) is 0 Å². The Morgan fingerprint density at radius 2 is 1.55 bits per heavy atom. The van der Waals surface area contributed by atoms with E-state index in [4.69, 9.17) is 9.47 Å². The molecule has 3 atom stereocenters. The van der Waals surface area contributed by atoms with Crippen molar-refractivity contribution >= 4 is 35.0 Å². The fourth-order valence-electron chi connectivity index (χ4n) is 5.88. The van der Waals surface area contributed by atoms with Crippen LogP contribution < -0.4 is 4.90 Å². The van der Waals surface area contributed by atoms with Gasteiger partial charge in [0.2, 0.25) is 29.0 Å². The number of carbonyl (C=O) groups excluding carboxylic acids is 5. The van der Waals surface area contributed by atoms with Gasteiger partial charge < -0.3 is 9.47 Å². The second-order valence-electron chi connectivity index (χ2n) is 9.67. The van der Waals surface area contributed by atoms with Crippen LogP contribution in [-0.4, -0.2) is 41.6 Å². The lowest BCUT2D eigenvalue weighted by Crippen LogP contribution is -2.51. The standard InChI is InChI=1S/C30H23NO7/c1-3-37-29(36)17-11-13-19(14-12-17)31-27(34)22-23(28(31)35)30(38-24(22)18-8-6-7-16(2)15-18)25(32)20-9-4-5-10-21(20)26(30)33/h4-15,22-24H,3H2,1-2H3/t22-,23+,24+/m1/s1. The highest BCUT2D eigenvalue weighted by molar-refractivity contribution is 6.37. The van der Waals surface area contributed by atoms with Gasteiger partial charge in [0.05, 0.1) is 35.8 Å². The number of amides is 2. The van der Waals surface area contributed by atoms with Gasteiger partial charge >= 0.3 is 5.97 Å². The number of fused-ring (bicyclic) bond motifs is 3. The summed E-state index contributed by atoms with van der Waals surface area (Å²) in [6, 6.07) is 19.5. The normalized spacial score (nSPS) is 23.2. The maximum Gasteiger partial charge on any atom is 0.338 e. The van der Waals surface area contributed by atoms with Crippen molar-refractivity contribution in [1.82, 2.24) is 0 Å². The minimum atomic E-state index is -2.13. The van der Waals surface area contributed by atoms with E-state index in [0.29, 0.717) is 5.56 Å². The zero-order chi connectivity index (χ0) is 26.8. The molecule has 2 heterocycles. The highest BCUT2D eigenvalue weighted by atomic mass is 16.5. The summed E-state index contributed by atoms with van der Waals surface area (Å²) in [5, 5.41) is 0. The van der Waals surface area contributed by atoms with Crippen molar-refractivity contribution in [1.29, 1.82) is 0 Å². The number of imide groups is 1. The molecule has 0 aromatic heterocycles. The molecule has 0 N–H and O–H groups in total. The lowest BCUT2D eigenvalue weighted by Gasteiger charge is -2.27. The predicted molar refractivity (Wildman–Crippen MR) is 135 cm³/mol. The van der Waals surface area contributed by atoms with Gasteiger partial charge in [0, 0.05) is 11.1 Å². The Kier molecular flexibility index (Phi) is 5.39. The van der Waals surface area contributed by atoms with E-state index in [9.17, 15) is 24.0 Å². The predicted octanol–water partition coefficient (Wildman–Crippen LogP) is 3.87. The number of anilines is 1. The van der Waals surface area contributed by atoms with E-state index in [2.05, 4.69) is 0 Å². The maximum atomic E-state index is 14.0. The number of ketones is 2. The molecule has 6 rings (SSSR count). The first-order valence-electron chi connectivity index (χ1n) is 12.4. The lowest BCUT2D eigenvalue weighted by atomic mass is 9.77. The summed E-state index contributed by atoms with van der Waals surface area (Å²) in [6.07, 6.45) is -0.984. The maximum absolute atomic E-state index is 14.0. The highest BCUT2D eigenvalue weighted by Crippen LogP contribution is 2.57. The molecule has 0 saturated carbocycles. The van der Waals surface area contributed by atoms with Gasteiger partial charge in [-0.15, -0.1) is 0 Å². The zero-order valence-electron chi connectivity index (χ0n) is 20.7. The first-order chi connectivity index (χ1) is 18.3. The molecule has 0 bridgehead atoms. The second-order valence-corrected chi connectivity index (χ2v) is 9.67. The molecule has 3 aliphatic rings. The van der Waals surface area contributed by atoms with Gasteiger partial charge in [-0.3, -0.25) is 19.2 Å². The van der Waals surface area contributed by atoms with Crippen LogP contribution >= 0.6 is 0 Å². The van der Waals surface area contributed by atoms with Gasteiger partial charge in [-0.1, -0.05) is 54.1 Å². The van der Waals surface area contributed by atoms with Crippen molar-refractivity contribution in [3.8, 4) is 0 Å². The van der Waals surface area contributed by atoms with Crippen molar-refractivity contribution in [2.24, 2.45) is 11.8 Å². The number of ether oxygens (including phenoxy) is 2. The molecule has 0 unspecified atom stereocenters. The Balaban J connectivity index is 1.47.